The van der Waals surface area contributed by atoms with Crippen LogP contribution in [0.25, 0.3) is 0 Å². The van der Waals surface area contributed by atoms with Crippen molar-refractivity contribution < 1.29 is 8.78 Å². The normalized spacial score (nSPS) is 21.3. The van der Waals surface area contributed by atoms with E-state index in [1.807, 2.05) is 0 Å². The van der Waals surface area contributed by atoms with E-state index < -0.39 is 5.92 Å². The van der Waals surface area contributed by atoms with Gasteiger partial charge in [0.2, 0.25) is 0 Å². The van der Waals surface area contributed by atoms with E-state index >= 15 is 0 Å². The van der Waals surface area contributed by atoms with Crippen LogP contribution in [0.4, 0.5) is 8.78 Å². The third kappa shape index (κ3) is 3.48. The second kappa shape index (κ2) is 5.92. The molecule has 2 nitrogen and oxygen atoms in total. The van der Waals surface area contributed by atoms with Gasteiger partial charge in [0.25, 0.3) is 5.92 Å². The van der Waals surface area contributed by atoms with Crippen molar-refractivity contribution >= 4 is 17.2 Å². The molecule has 1 aromatic rings. The van der Waals surface area contributed by atoms with Gasteiger partial charge in [0.1, 0.15) is 0 Å². The van der Waals surface area contributed by atoms with E-state index in [2.05, 4.69) is 0 Å². The Morgan fingerprint density at radius 1 is 1.32 bits per heavy atom. The van der Waals surface area contributed by atoms with Crippen LogP contribution in [0.2, 0.25) is 0 Å². The third-order valence-electron chi connectivity index (χ3n) is 3.54. The molecule has 0 bridgehead atoms. The van der Waals surface area contributed by atoms with Crippen molar-refractivity contribution in [2.24, 2.45) is 5.73 Å². The summed E-state index contributed by atoms with van der Waals surface area (Å²) in [5, 5.41) is 0. The molecule has 2 N–H and O–H groups in total. The minimum Gasteiger partial charge on any atom is -0.392 e. The Morgan fingerprint density at radius 2 is 2.00 bits per heavy atom. The minimum atomic E-state index is -2.87. The highest BCUT2D eigenvalue weighted by Gasteiger charge is 2.37. The number of alkyl halides is 2. The van der Waals surface area contributed by atoms with Gasteiger partial charge in [-0.1, -0.05) is 49.0 Å². The summed E-state index contributed by atoms with van der Waals surface area (Å²) < 4.78 is 28.5. The predicted molar refractivity (Wildman–Crippen MR) is 76.3 cm³/mol. The lowest BCUT2D eigenvalue weighted by molar-refractivity contribution is -0.0469. The quantitative estimate of drug-likeness (QED) is 0.862. The number of halogens is 2. The molecule has 1 fully saturated rings. The zero-order valence-electron chi connectivity index (χ0n) is 10.7. The fraction of sp³-hybridized carbons (Fsp3) is 0.500. The molecule has 5 heteroatoms. The van der Waals surface area contributed by atoms with Gasteiger partial charge in [-0.15, -0.1) is 0 Å². The van der Waals surface area contributed by atoms with Gasteiger partial charge in [0, 0.05) is 5.56 Å². The summed E-state index contributed by atoms with van der Waals surface area (Å²) in [7, 11) is 0. The van der Waals surface area contributed by atoms with Gasteiger partial charge < -0.3 is 5.73 Å². The Kier molecular flexibility index (Phi) is 4.47. The van der Waals surface area contributed by atoms with E-state index in [0.717, 1.165) is 19.3 Å². The van der Waals surface area contributed by atoms with Gasteiger partial charge in [-0.25, -0.2) is 0 Å². The molecule has 1 saturated heterocycles. The zero-order valence-corrected chi connectivity index (χ0v) is 11.5. The van der Waals surface area contributed by atoms with E-state index in [-0.39, 0.29) is 18.2 Å². The van der Waals surface area contributed by atoms with Crippen molar-refractivity contribution in [3.05, 3.63) is 35.9 Å². The largest absolute Gasteiger partial charge is 0.392 e. The number of thiocarbonyl (C=S) groups is 1. The van der Waals surface area contributed by atoms with Crippen molar-refractivity contribution in [2.45, 2.75) is 31.2 Å². The van der Waals surface area contributed by atoms with Crippen molar-refractivity contribution in [3.63, 3.8) is 0 Å². The summed E-state index contributed by atoms with van der Waals surface area (Å²) in [4.78, 5) is 2.04. The summed E-state index contributed by atoms with van der Waals surface area (Å²) in [5.74, 6) is -2.87. The average Bonchev–Trinajstić information content (AvgIpc) is 2.39. The molecule has 0 amide bonds. The molecule has 0 saturated carbocycles. The number of benzene rings is 1. The molecule has 0 spiro atoms. The molecule has 2 rings (SSSR count). The van der Waals surface area contributed by atoms with Crippen molar-refractivity contribution in [3.8, 4) is 0 Å². The highest BCUT2D eigenvalue weighted by atomic mass is 32.1. The highest BCUT2D eigenvalue weighted by Crippen LogP contribution is 2.31. The Labute approximate surface area is 117 Å². The fourth-order valence-electron chi connectivity index (χ4n) is 2.53. The molecule has 104 valence electrons. The topological polar surface area (TPSA) is 29.3 Å². The van der Waals surface area contributed by atoms with Crippen LogP contribution in [-0.2, 0) is 5.92 Å². The highest BCUT2D eigenvalue weighted by molar-refractivity contribution is 7.80. The van der Waals surface area contributed by atoms with E-state index in [9.17, 15) is 8.78 Å². The molecule has 1 atom stereocenters. The minimum absolute atomic E-state index is 0.0438. The second-order valence-electron chi connectivity index (χ2n) is 4.95. The van der Waals surface area contributed by atoms with Gasteiger partial charge in [-0.05, 0) is 19.4 Å². The van der Waals surface area contributed by atoms with E-state index in [4.69, 9.17) is 18.0 Å². The van der Waals surface area contributed by atoms with Gasteiger partial charge in [0.15, 0.2) is 0 Å². The average molecular weight is 284 g/mol. The Bertz CT molecular complexity index is 436. The Balaban J connectivity index is 2.12. The first-order valence-electron chi connectivity index (χ1n) is 6.47. The van der Waals surface area contributed by atoms with Crippen LogP contribution in [0.1, 0.15) is 24.8 Å². The molecule has 19 heavy (non-hydrogen) atoms. The lowest BCUT2D eigenvalue weighted by atomic mass is 10.00. The SMILES string of the molecule is NC(=S)C1CCCCN1CC(F)(F)c1ccccc1. The first-order valence-corrected chi connectivity index (χ1v) is 6.88. The van der Waals surface area contributed by atoms with E-state index in [1.165, 1.54) is 12.1 Å². The summed E-state index contributed by atoms with van der Waals surface area (Å²) in [6.45, 7) is 0.309. The first kappa shape index (κ1) is 14.3. The Morgan fingerprint density at radius 3 is 2.63 bits per heavy atom. The van der Waals surface area contributed by atoms with Crippen LogP contribution >= 0.6 is 12.2 Å². The van der Waals surface area contributed by atoms with Crippen LogP contribution in [-0.4, -0.2) is 29.0 Å². The number of nitrogens with two attached hydrogens (primary N) is 1. The maximum Gasteiger partial charge on any atom is 0.285 e. The van der Waals surface area contributed by atoms with Crippen LogP contribution in [0.3, 0.4) is 0 Å². The number of nitrogens with zero attached hydrogens (tertiary/aromatic N) is 1. The molecule has 1 aromatic carbocycles. The van der Waals surface area contributed by atoms with Crippen LogP contribution in [0.15, 0.2) is 30.3 Å². The molecule has 0 radical (unpaired) electrons. The zero-order chi connectivity index (χ0) is 13.9. The van der Waals surface area contributed by atoms with Crippen molar-refractivity contribution in [1.82, 2.24) is 4.90 Å². The molecule has 0 aromatic heterocycles. The maximum atomic E-state index is 14.3. The van der Waals surface area contributed by atoms with Crippen LogP contribution in [0.5, 0.6) is 0 Å². The van der Waals surface area contributed by atoms with Crippen molar-refractivity contribution in [1.29, 1.82) is 0 Å². The predicted octanol–water partition coefficient (Wildman–Crippen LogP) is 2.92. The summed E-state index contributed by atoms with van der Waals surface area (Å²) >= 11 is 4.99. The molecule has 1 unspecified atom stereocenters. The first-order chi connectivity index (χ1) is 9.00. The molecule has 1 aliphatic rings. The smallest absolute Gasteiger partial charge is 0.285 e. The lowest BCUT2D eigenvalue weighted by Gasteiger charge is -2.37. The second-order valence-corrected chi connectivity index (χ2v) is 5.43. The van der Waals surface area contributed by atoms with E-state index in [1.54, 1.807) is 23.1 Å². The number of likely N-dealkylation sites (tertiary alicyclic amines) is 1. The lowest BCUT2D eigenvalue weighted by Crippen LogP contribution is -2.50. The number of piperidine rings is 1. The van der Waals surface area contributed by atoms with Gasteiger partial charge >= 0.3 is 0 Å². The van der Waals surface area contributed by atoms with Gasteiger partial charge in [0.05, 0.1) is 17.6 Å². The molecule has 1 aliphatic heterocycles. The number of hydrogen-bond acceptors (Lipinski definition) is 2. The number of hydrogen-bond donors (Lipinski definition) is 1. The molecule has 0 aliphatic carbocycles. The molecule has 1 heterocycles. The fourth-order valence-corrected chi connectivity index (χ4v) is 2.80. The summed E-state index contributed by atoms with van der Waals surface area (Å²) in [6, 6.07) is 7.71. The van der Waals surface area contributed by atoms with Gasteiger partial charge in [-0.2, -0.15) is 8.78 Å². The molecular weight excluding hydrogens is 266 g/mol. The summed E-state index contributed by atoms with van der Waals surface area (Å²) in [6.07, 6.45) is 2.69. The molecular formula is C14H18F2N2S. The maximum absolute atomic E-state index is 14.3. The monoisotopic (exact) mass is 284 g/mol. The summed E-state index contributed by atoms with van der Waals surface area (Å²) in [5.41, 5.74) is 5.70. The van der Waals surface area contributed by atoms with Crippen molar-refractivity contribution in [2.75, 3.05) is 13.1 Å². The third-order valence-corrected chi connectivity index (χ3v) is 3.81. The van der Waals surface area contributed by atoms with E-state index in [0.29, 0.717) is 11.5 Å². The van der Waals surface area contributed by atoms with Crippen LogP contribution in [0, 0.1) is 0 Å². The standard InChI is InChI=1S/C14H18F2N2S/c15-14(16,11-6-2-1-3-7-11)10-18-9-5-4-8-12(18)13(17)19/h1-3,6-7,12H,4-5,8-10H2,(H2,17,19). The Hall–Kier alpha value is -1.07. The number of rotatable bonds is 4. The van der Waals surface area contributed by atoms with Gasteiger partial charge in [-0.3, -0.25) is 4.90 Å². The van der Waals surface area contributed by atoms with Crippen LogP contribution < -0.4 is 5.73 Å².